The van der Waals surface area contributed by atoms with Crippen molar-refractivity contribution in [1.29, 1.82) is 0 Å². The lowest BCUT2D eigenvalue weighted by Crippen LogP contribution is -2.39. The van der Waals surface area contributed by atoms with Gasteiger partial charge in [-0.3, -0.25) is 0 Å². The lowest BCUT2D eigenvalue weighted by molar-refractivity contribution is 0.260. The second-order valence-electron chi connectivity index (χ2n) is 6.01. The molecule has 1 heterocycles. The summed E-state index contributed by atoms with van der Waals surface area (Å²) in [7, 11) is -3.20. The average molecular weight is 294 g/mol. The molecule has 20 heavy (non-hydrogen) atoms. The standard InChI is InChI=1S/C15H22N2O2S/c16-14-7-5-12(6-8-14)11-20(18,19)17-10-9-13-3-1-2-4-15(13)17/h5-8,13,15H,1-4,9-11,16H2. The molecule has 0 aromatic heterocycles. The van der Waals surface area contributed by atoms with E-state index >= 15 is 0 Å². The number of rotatable bonds is 3. The van der Waals surface area contributed by atoms with Gasteiger partial charge in [-0.2, -0.15) is 4.31 Å². The topological polar surface area (TPSA) is 63.4 Å². The summed E-state index contributed by atoms with van der Waals surface area (Å²) in [6.07, 6.45) is 5.68. The zero-order valence-electron chi connectivity index (χ0n) is 11.7. The first-order chi connectivity index (χ1) is 9.56. The van der Waals surface area contributed by atoms with Gasteiger partial charge in [0, 0.05) is 18.3 Å². The van der Waals surface area contributed by atoms with Gasteiger partial charge in [0.15, 0.2) is 0 Å². The highest BCUT2D eigenvalue weighted by atomic mass is 32.2. The van der Waals surface area contributed by atoms with E-state index in [4.69, 9.17) is 5.73 Å². The van der Waals surface area contributed by atoms with Crippen molar-refractivity contribution < 1.29 is 8.42 Å². The molecule has 1 aromatic carbocycles. The maximum Gasteiger partial charge on any atom is 0.218 e. The Balaban J connectivity index is 1.76. The van der Waals surface area contributed by atoms with Crippen molar-refractivity contribution in [1.82, 2.24) is 4.31 Å². The van der Waals surface area contributed by atoms with Crippen LogP contribution in [-0.2, 0) is 15.8 Å². The predicted octanol–water partition coefficient (Wildman–Crippen LogP) is 2.36. The van der Waals surface area contributed by atoms with Gasteiger partial charge in [0.05, 0.1) is 5.75 Å². The molecule has 110 valence electrons. The monoisotopic (exact) mass is 294 g/mol. The molecule has 2 aliphatic rings. The maximum absolute atomic E-state index is 12.6. The fourth-order valence-electron chi connectivity index (χ4n) is 3.62. The quantitative estimate of drug-likeness (QED) is 0.870. The number of hydrogen-bond donors (Lipinski definition) is 1. The molecule has 1 aliphatic carbocycles. The number of nitrogens with zero attached hydrogens (tertiary/aromatic N) is 1. The fraction of sp³-hybridized carbons (Fsp3) is 0.600. The van der Waals surface area contributed by atoms with Gasteiger partial charge in [-0.1, -0.05) is 25.0 Å². The number of nitrogens with two attached hydrogens (primary N) is 1. The number of anilines is 1. The molecule has 1 saturated carbocycles. The lowest BCUT2D eigenvalue weighted by atomic mass is 9.86. The molecule has 0 bridgehead atoms. The molecule has 2 atom stereocenters. The minimum absolute atomic E-state index is 0.0938. The Morgan fingerprint density at radius 2 is 1.80 bits per heavy atom. The van der Waals surface area contributed by atoms with Gasteiger partial charge in [0.25, 0.3) is 0 Å². The van der Waals surface area contributed by atoms with Gasteiger partial charge in [-0.05, 0) is 42.9 Å². The van der Waals surface area contributed by atoms with E-state index < -0.39 is 10.0 Å². The van der Waals surface area contributed by atoms with E-state index in [0.717, 1.165) is 24.8 Å². The molecular weight excluding hydrogens is 272 g/mol. The first-order valence-corrected chi connectivity index (χ1v) is 9.01. The molecule has 2 fully saturated rings. The highest BCUT2D eigenvalue weighted by Crippen LogP contribution is 2.38. The van der Waals surface area contributed by atoms with Crippen LogP contribution in [-0.4, -0.2) is 25.3 Å². The van der Waals surface area contributed by atoms with Crippen LogP contribution in [0.15, 0.2) is 24.3 Å². The van der Waals surface area contributed by atoms with Crippen molar-refractivity contribution in [2.24, 2.45) is 5.92 Å². The molecule has 0 amide bonds. The van der Waals surface area contributed by atoms with Gasteiger partial charge in [0.1, 0.15) is 0 Å². The van der Waals surface area contributed by atoms with E-state index in [1.165, 1.54) is 12.8 Å². The highest BCUT2D eigenvalue weighted by Gasteiger charge is 2.41. The first kappa shape index (κ1) is 13.9. The number of fused-ring (bicyclic) bond motifs is 1. The maximum atomic E-state index is 12.6. The van der Waals surface area contributed by atoms with Crippen molar-refractivity contribution in [2.75, 3.05) is 12.3 Å². The van der Waals surface area contributed by atoms with E-state index in [1.807, 2.05) is 0 Å². The Labute approximate surface area is 121 Å². The van der Waals surface area contributed by atoms with E-state index in [1.54, 1.807) is 28.6 Å². The third kappa shape index (κ3) is 2.69. The summed E-state index contributed by atoms with van der Waals surface area (Å²) in [6.45, 7) is 0.701. The van der Waals surface area contributed by atoms with Crippen molar-refractivity contribution in [3.8, 4) is 0 Å². The van der Waals surface area contributed by atoms with Gasteiger partial charge >= 0.3 is 0 Å². The van der Waals surface area contributed by atoms with Crippen LogP contribution >= 0.6 is 0 Å². The Morgan fingerprint density at radius 1 is 1.10 bits per heavy atom. The molecule has 1 aliphatic heterocycles. The minimum atomic E-state index is -3.20. The van der Waals surface area contributed by atoms with Crippen LogP contribution in [0.1, 0.15) is 37.7 Å². The smallest absolute Gasteiger partial charge is 0.218 e. The van der Waals surface area contributed by atoms with Crippen LogP contribution in [0.4, 0.5) is 5.69 Å². The molecule has 0 spiro atoms. The third-order valence-corrected chi connectivity index (χ3v) is 6.51. The normalized spacial score (nSPS) is 27.4. The summed E-state index contributed by atoms with van der Waals surface area (Å²) < 4.78 is 27.0. The second kappa shape index (κ2) is 5.37. The van der Waals surface area contributed by atoms with E-state index in [0.29, 0.717) is 18.2 Å². The summed E-state index contributed by atoms with van der Waals surface area (Å²) in [5, 5.41) is 0. The third-order valence-electron chi connectivity index (χ3n) is 4.65. The zero-order chi connectivity index (χ0) is 14.2. The molecule has 2 N–H and O–H groups in total. The predicted molar refractivity (Wildman–Crippen MR) is 80.5 cm³/mol. The van der Waals surface area contributed by atoms with Gasteiger partial charge in [-0.15, -0.1) is 0 Å². The minimum Gasteiger partial charge on any atom is -0.399 e. The Kier molecular flexibility index (Phi) is 3.73. The molecule has 0 radical (unpaired) electrons. The highest BCUT2D eigenvalue weighted by molar-refractivity contribution is 7.88. The van der Waals surface area contributed by atoms with E-state index in [2.05, 4.69) is 0 Å². The van der Waals surface area contributed by atoms with Crippen molar-refractivity contribution >= 4 is 15.7 Å². The van der Waals surface area contributed by atoms with Gasteiger partial charge < -0.3 is 5.73 Å². The van der Waals surface area contributed by atoms with Gasteiger partial charge in [-0.25, -0.2) is 8.42 Å². The Hall–Kier alpha value is -1.07. The van der Waals surface area contributed by atoms with Crippen molar-refractivity contribution in [3.05, 3.63) is 29.8 Å². The number of hydrogen-bond acceptors (Lipinski definition) is 3. The first-order valence-electron chi connectivity index (χ1n) is 7.40. The summed E-state index contributed by atoms with van der Waals surface area (Å²) in [4.78, 5) is 0. The fourth-order valence-corrected chi connectivity index (χ4v) is 5.47. The SMILES string of the molecule is Nc1ccc(CS(=O)(=O)N2CCC3CCCCC32)cc1. The molecule has 4 nitrogen and oxygen atoms in total. The van der Waals surface area contributed by atoms with Crippen molar-refractivity contribution in [3.63, 3.8) is 0 Å². The number of sulfonamides is 1. The van der Waals surface area contributed by atoms with Crippen LogP contribution in [0.25, 0.3) is 0 Å². The van der Waals surface area contributed by atoms with Crippen molar-refractivity contribution in [2.45, 2.75) is 43.9 Å². The summed E-state index contributed by atoms with van der Waals surface area (Å²) in [5.74, 6) is 0.682. The summed E-state index contributed by atoms with van der Waals surface area (Å²) in [5.41, 5.74) is 7.12. The van der Waals surface area contributed by atoms with E-state index in [9.17, 15) is 8.42 Å². The molecule has 5 heteroatoms. The van der Waals surface area contributed by atoms with Crippen LogP contribution in [0, 0.1) is 5.92 Å². The van der Waals surface area contributed by atoms with E-state index in [-0.39, 0.29) is 11.8 Å². The summed E-state index contributed by atoms with van der Waals surface area (Å²) >= 11 is 0. The molecule has 1 aromatic rings. The largest absolute Gasteiger partial charge is 0.399 e. The Morgan fingerprint density at radius 3 is 2.55 bits per heavy atom. The summed E-state index contributed by atoms with van der Waals surface area (Å²) in [6, 6.07) is 7.39. The number of benzene rings is 1. The Bertz CT molecular complexity index is 568. The lowest BCUT2D eigenvalue weighted by Gasteiger charge is -2.31. The van der Waals surface area contributed by atoms with Crippen LogP contribution in [0.5, 0.6) is 0 Å². The molecular formula is C15H22N2O2S. The second-order valence-corrected chi connectivity index (χ2v) is 7.93. The number of nitrogen functional groups attached to an aromatic ring is 1. The van der Waals surface area contributed by atoms with Crippen LogP contribution < -0.4 is 5.73 Å². The average Bonchev–Trinajstić information content (AvgIpc) is 2.86. The van der Waals surface area contributed by atoms with Gasteiger partial charge in [0.2, 0.25) is 10.0 Å². The molecule has 1 saturated heterocycles. The van der Waals surface area contributed by atoms with Crippen LogP contribution in [0.2, 0.25) is 0 Å². The molecule has 3 rings (SSSR count). The zero-order valence-corrected chi connectivity index (χ0v) is 12.5. The van der Waals surface area contributed by atoms with Crippen LogP contribution in [0.3, 0.4) is 0 Å². The molecule has 2 unspecified atom stereocenters.